The van der Waals surface area contributed by atoms with Crippen molar-refractivity contribution in [3.63, 3.8) is 0 Å². The molecule has 1 atom stereocenters. The highest BCUT2D eigenvalue weighted by atomic mass is 32.1. The summed E-state index contributed by atoms with van der Waals surface area (Å²) in [5, 5.41) is 12.5. The minimum absolute atomic E-state index is 0.207. The normalized spacial score (nSPS) is 12.4. The number of nitrogen functional groups attached to an aromatic ring is 1. The maximum absolute atomic E-state index is 11.7. The Morgan fingerprint density at radius 3 is 2.94 bits per heavy atom. The van der Waals surface area contributed by atoms with Crippen molar-refractivity contribution in [2.75, 3.05) is 26.0 Å². The molecule has 1 unspecified atom stereocenters. The van der Waals surface area contributed by atoms with E-state index in [1.165, 1.54) is 7.11 Å². The molecule has 0 spiro atoms. The second kappa shape index (κ2) is 6.53. The average Bonchev–Trinajstić information content (AvgIpc) is 2.58. The smallest absolute Gasteiger partial charge is 0.263 e. The third kappa shape index (κ3) is 4.29. The van der Waals surface area contributed by atoms with Gasteiger partial charge in [0.05, 0.1) is 18.4 Å². The van der Waals surface area contributed by atoms with E-state index in [1.807, 2.05) is 0 Å². The third-order valence-electron chi connectivity index (χ3n) is 2.14. The van der Waals surface area contributed by atoms with Gasteiger partial charge in [-0.3, -0.25) is 4.79 Å². The van der Waals surface area contributed by atoms with E-state index in [0.717, 1.165) is 11.3 Å². The summed E-state index contributed by atoms with van der Waals surface area (Å²) in [5.41, 5.74) is 6.13. The van der Waals surface area contributed by atoms with Gasteiger partial charge in [0.2, 0.25) is 0 Å². The van der Waals surface area contributed by atoms with Crippen LogP contribution in [0.15, 0.2) is 0 Å². The zero-order valence-electron chi connectivity index (χ0n) is 9.90. The SMILES string of the molecule is COCC(O)CCNC(=O)c1sc(N)nc1C. The van der Waals surface area contributed by atoms with Crippen molar-refractivity contribution in [2.45, 2.75) is 19.4 Å². The highest BCUT2D eigenvalue weighted by Crippen LogP contribution is 2.19. The van der Waals surface area contributed by atoms with E-state index in [2.05, 4.69) is 10.3 Å². The van der Waals surface area contributed by atoms with E-state index < -0.39 is 6.10 Å². The molecule has 1 aromatic rings. The number of amides is 1. The number of nitrogens with two attached hydrogens (primary N) is 1. The van der Waals surface area contributed by atoms with Gasteiger partial charge in [-0.25, -0.2) is 4.98 Å². The first-order valence-electron chi connectivity index (χ1n) is 5.22. The molecule has 1 amide bonds. The lowest BCUT2D eigenvalue weighted by Crippen LogP contribution is -2.28. The fourth-order valence-electron chi connectivity index (χ4n) is 1.34. The van der Waals surface area contributed by atoms with Crippen molar-refractivity contribution in [3.8, 4) is 0 Å². The van der Waals surface area contributed by atoms with Crippen LogP contribution in [0.2, 0.25) is 0 Å². The molecule has 0 aromatic carbocycles. The monoisotopic (exact) mass is 259 g/mol. The first-order valence-corrected chi connectivity index (χ1v) is 6.04. The van der Waals surface area contributed by atoms with Gasteiger partial charge < -0.3 is 20.9 Å². The largest absolute Gasteiger partial charge is 0.391 e. The number of hydrogen-bond donors (Lipinski definition) is 3. The third-order valence-corrected chi connectivity index (χ3v) is 3.13. The molecule has 0 saturated heterocycles. The van der Waals surface area contributed by atoms with E-state index in [4.69, 9.17) is 10.5 Å². The number of carbonyl (C=O) groups excluding carboxylic acids is 1. The molecule has 1 aromatic heterocycles. The Balaban J connectivity index is 2.37. The number of aliphatic hydroxyl groups is 1. The van der Waals surface area contributed by atoms with Crippen LogP contribution in [-0.2, 0) is 4.74 Å². The molecular formula is C10H17N3O3S. The number of ether oxygens (including phenoxy) is 1. The topological polar surface area (TPSA) is 97.5 Å². The second-order valence-corrected chi connectivity index (χ2v) is 4.65. The molecule has 1 heterocycles. The molecule has 17 heavy (non-hydrogen) atoms. The van der Waals surface area contributed by atoms with Crippen LogP contribution in [0.5, 0.6) is 0 Å². The molecule has 0 aliphatic carbocycles. The molecule has 0 bridgehead atoms. The molecule has 0 radical (unpaired) electrons. The van der Waals surface area contributed by atoms with Crippen LogP contribution < -0.4 is 11.1 Å². The minimum atomic E-state index is -0.562. The Morgan fingerprint density at radius 2 is 2.41 bits per heavy atom. The number of methoxy groups -OCH3 is 1. The molecule has 7 heteroatoms. The van der Waals surface area contributed by atoms with Crippen molar-refractivity contribution >= 4 is 22.4 Å². The first kappa shape index (κ1) is 13.9. The van der Waals surface area contributed by atoms with Crippen LogP contribution in [0.3, 0.4) is 0 Å². The lowest BCUT2D eigenvalue weighted by atomic mass is 10.2. The summed E-state index contributed by atoms with van der Waals surface area (Å²) in [6.07, 6.45) is -0.111. The number of rotatable bonds is 6. The Labute approximate surface area is 104 Å². The molecule has 96 valence electrons. The zero-order chi connectivity index (χ0) is 12.8. The number of aliphatic hydroxyl groups excluding tert-OH is 1. The fraction of sp³-hybridized carbons (Fsp3) is 0.600. The number of hydrogen-bond acceptors (Lipinski definition) is 6. The summed E-state index contributed by atoms with van der Waals surface area (Å²) in [6.45, 7) is 2.39. The summed E-state index contributed by atoms with van der Waals surface area (Å²) < 4.78 is 4.78. The average molecular weight is 259 g/mol. The standard InChI is InChI=1S/C10H17N3O3S/c1-6-8(17-10(11)13-6)9(15)12-4-3-7(14)5-16-2/h7,14H,3-5H2,1-2H3,(H2,11,13)(H,12,15). The Morgan fingerprint density at radius 1 is 1.71 bits per heavy atom. The maximum atomic E-state index is 11.7. The van der Waals surface area contributed by atoms with Crippen LogP contribution >= 0.6 is 11.3 Å². The van der Waals surface area contributed by atoms with Gasteiger partial charge in [-0.2, -0.15) is 0 Å². The predicted molar refractivity (Wildman–Crippen MR) is 66.1 cm³/mol. The van der Waals surface area contributed by atoms with Crippen LogP contribution in [0.4, 0.5) is 5.13 Å². The first-order chi connectivity index (χ1) is 8.04. The van der Waals surface area contributed by atoms with Crippen LogP contribution in [-0.4, -0.2) is 42.4 Å². The van der Waals surface area contributed by atoms with Gasteiger partial charge in [0, 0.05) is 13.7 Å². The highest BCUT2D eigenvalue weighted by molar-refractivity contribution is 7.17. The van der Waals surface area contributed by atoms with Gasteiger partial charge in [-0.05, 0) is 13.3 Å². The van der Waals surface area contributed by atoms with Crippen molar-refractivity contribution < 1.29 is 14.6 Å². The molecule has 1 rings (SSSR count). The Bertz CT molecular complexity index is 381. The lowest BCUT2D eigenvalue weighted by Gasteiger charge is -2.09. The number of anilines is 1. The predicted octanol–water partition coefficient (Wildman–Crippen LogP) is 0.161. The highest BCUT2D eigenvalue weighted by Gasteiger charge is 2.14. The van der Waals surface area contributed by atoms with Gasteiger partial charge in [0.1, 0.15) is 4.88 Å². The summed E-state index contributed by atoms with van der Waals surface area (Å²) in [7, 11) is 1.52. The van der Waals surface area contributed by atoms with Gasteiger partial charge >= 0.3 is 0 Å². The number of aromatic nitrogens is 1. The Hall–Kier alpha value is -1.18. The summed E-state index contributed by atoms with van der Waals surface area (Å²) >= 11 is 1.16. The number of carbonyl (C=O) groups is 1. The quantitative estimate of drug-likeness (QED) is 0.676. The van der Waals surface area contributed by atoms with E-state index >= 15 is 0 Å². The molecule has 0 aliphatic rings. The zero-order valence-corrected chi connectivity index (χ0v) is 10.7. The van der Waals surface area contributed by atoms with Crippen molar-refractivity contribution in [1.82, 2.24) is 10.3 Å². The van der Waals surface area contributed by atoms with Gasteiger partial charge in [0.25, 0.3) is 5.91 Å². The summed E-state index contributed by atoms with van der Waals surface area (Å²) in [5.74, 6) is -0.207. The van der Waals surface area contributed by atoms with E-state index in [9.17, 15) is 9.90 Å². The van der Waals surface area contributed by atoms with E-state index in [-0.39, 0.29) is 12.5 Å². The molecule has 0 fully saturated rings. The lowest BCUT2D eigenvalue weighted by molar-refractivity contribution is 0.0588. The summed E-state index contributed by atoms with van der Waals surface area (Å²) in [4.78, 5) is 16.2. The van der Waals surface area contributed by atoms with Gasteiger partial charge in [-0.15, -0.1) is 0 Å². The number of nitrogens with zero attached hydrogens (tertiary/aromatic N) is 1. The van der Waals surface area contributed by atoms with Crippen LogP contribution in [0.25, 0.3) is 0 Å². The molecule has 0 aliphatic heterocycles. The summed E-state index contributed by atoms with van der Waals surface area (Å²) in [6, 6.07) is 0. The minimum Gasteiger partial charge on any atom is -0.391 e. The fourth-order valence-corrected chi connectivity index (χ4v) is 2.09. The van der Waals surface area contributed by atoms with E-state index in [1.54, 1.807) is 6.92 Å². The van der Waals surface area contributed by atoms with Gasteiger partial charge in [0.15, 0.2) is 5.13 Å². The van der Waals surface area contributed by atoms with Crippen molar-refractivity contribution in [1.29, 1.82) is 0 Å². The Kier molecular flexibility index (Phi) is 5.33. The molecule has 6 nitrogen and oxygen atoms in total. The van der Waals surface area contributed by atoms with Crippen LogP contribution in [0, 0.1) is 6.92 Å². The molecular weight excluding hydrogens is 242 g/mol. The van der Waals surface area contributed by atoms with Crippen LogP contribution in [0.1, 0.15) is 21.8 Å². The molecule has 4 N–H and O–H groups in total. The number of nitrogens with one attached hydrogen (secondary N) is 1. The van der Waals surface area contributed by atoms with E-state index in [0.29, 0.717) is 28.7 Å². The van der Waals surface area contributed by atoms with Gasteiger partial charge in [-0.1, -0.05) is 11.3 Å². The van der Waals surface area contributed by atoms with Crippen molar-refractivity contribution in [2.24, 2.45) is 0 Å². The number of thiazole rings is 1. The maximum Gasteiger partial charge on any atom is 0.263 e. The number of aryl methyl sites for hydroxylation is 1. The molecule has 0 saturated carbocycles. The second-order valence-electron chi connectivity index (χ2n) is 3.62. The van der Waals surface area contributed by atoms with Crippen molar-refractivity contribution in [3.05, 3.63) is 10.6 Å².